The lowest BCUT2D eigenvalue weighted by molar-refractivity contribution is 0.884. The van der Waals surface area contributed by atoms with E-state index in [0.717, 1.165) is 15.7 Å². The number of nitrogens with zero attached hydrogens (tertiary/aromatic N) is 3. The van der Waals surface area contributed by atoms with Gasteiger partial charge in [-0.1, -0.05) is 13.2 Å². The zero-order valence-corrected chi connectivity index (χ0v) is 11.1. The largest absolute Gasteiger partial charge is 0.262 e. The van der Waals surface area contributed by atoms with Gasteiger partial charge < -0.3 is 0 Å². The maximum absolute atomic E-state index is 4.07. The van der Waals surface area contributed by atoms with Crippen LogP contribution in [0.15, 0.2) is 57.6 Å². The van der Waals surface area contributed by atoms with Crippen LogP contribution < -0.4 is 5.43 Å². The second kappa shape index (κ2) is 6.75. The first kappa shape index (κ1) is 13.3. The Balaban J connectivity index is 2.47. The Kier molecular flexibility index (Phi) is 5.29. The minimum atomic E-state index is 0.453. The van der Waals surface area contributed by atoms with Crippen molar-refractivity contribution in [3.05, 3.63) is 53.0 Å². The lowest BCUT2D eigenvalue weighted by atomic mass is 10.3. The molecule has 1 aromatic heterocycles. The van der Waals surface area contributed by atoms with Crippen molar-refractivity contribution < 1.29 is 0 Å². The second-order valence-corrected chi connectivity index (χ2v) is 4.15. The summed E-state index contributed by atoms with van der Waals surface area (Å²) in [4.78, 5) is 8.07. The third kappa shape index (κ3) is 5.77. The highest BCUT2D eigenvalue weighted by atomic mass is 79.9. The summed E-state index contributed by atoms with van der Waals surface area (Å²) in [6.45, 7) is 9.23. The normalized spacial score (nSPS) is 10.9. The van der Waals surface area contributed by atoms with Gasteiger partial charge in [-0.3, -0.25) is 5.43 Å². The molecule has 0 radical (unpaired) electrons. The van der Waals surface area contributed by atoms with E-state index in [9.17, 15) is 0 Å². The number of hydrogen-bond acceptors (Lipinski definition) is 4. The van der Waals surface area contributed by atoms with Crippen molar-refractivity contribution in [2.45, 2.75) is 6.92 Å². The molecule has 1 rings (SSSR count). The first-order valence-corrected chi connectivity index (χ1v) is 5.66. The van der Waals surface area contributed by atoms with E-state index in [2.05, 4.69) is 49.6 Å². The molecule has 0 aliphatic rings. The Hall–Kier alpha value is -1.75. The number of aromatic nitrogens is 1. The van der Waals surface area contributed by atoms with Gasteiger partial charge in [-0.05, 0) is 40.6 Å². The molecule has 0 saturated heterocycles. The molecule has 1 N–H and O–H groups in total. The third-order valence-electron chi connectivity index (χ3n) is 1.60. The van der Waals surface area contributed by atoms with Crippen LogP contribution in [0.4, 0.5) is 0 Å². The number of hydrazone groups is 1. The quantitative estimate of drug-likeness (QED) is 0.515. The van der Waals surface area contributed by atoms with E-state index in [4.69, 9.17) is 0 Å². The Labute approximate surface area is 109 Å². The van der Waals surface area contributed by atoms with Gasteiger partial charge in [0.15, 0.2) is 0 Å². The van der Waals surface area contributed by atoms with Crippen molar-refractivity contribution in [2.75, 3.05) is 0 Å². The number of halogens is 1. The Morgan fingerprint density at radius 1 is 1.47 bits per heavy atom. The highest BCUT2D eigenvalue weighted by Crippen LogP contribution is 2.04. The fraction of sp³-hybridized carbons (Fsp3) is 0.0833. The van der Waals surface area contributed by atoms with Crippen LogP contribution in [-0.2, 0) is 0 Å². The minimum Gasteiger partial charge on any atom is -0.262 e. The zero-order valence-electron chi connectivity index (χ0n) is 9.52. The van der Waals surface area contributed by atoms with Gasteiger partial charge in [0, 0.05) is 18.0 Å². The zero-order chi connectivity index (χ0) is 12.7. The molecule has 1 heterocycles. The summed E-state index contributed by atoms with van der Waals surface area (Å²) < 4.78 is 0.790. The Morgan fingerprint density at radius 3 is 2.82 bits per heavy atom. The SMILES string of the molecule is C=C(C)/C=N\C(=C)N/N=C/c1ccc(Br)nc1. The predicted octanol–water partition coefficient (Wildman–Crippen LogP) is 2.89. The molecule has 88 valence electrons. The van der Waals surface area contributed by atoms with Gasteiger partial charge in [-0.2, -0.15) is 5.10 Å². The highest BCUT2D eigenvalue weighted by molar-refractivity contribution is 9.10. The fourth-order valence-corrected chi connectivity index (χ4v) is 1.10. The molecule has 0 aliphatic heterocycles. The smallest absolute Gasteiger partial charge is 0.138 e. The van der Waals surface area contributed by atoms with Crippen molar-refractivity contribution in [1.82, 2.24) is 10.4 Å². The van der Waals surface area contributed by atoms with Crippen LogP contribution in [0.1, 0.15) is 12.5 Å². The molecular formula is C12H13BrN4. The molecular weight excluding hydrogens is 280 g/mol. The maximum Gasteiger partial charge on any atom is 0.138 e. The van der Waals surface area contributed by atoms with Crippen LogP contribution in [0.5, 0.6) is 0 Å². The number of nitrogens with one attached hydrogen (secondary N) is 1. The van der Waals surface area contributed by atoms with Crippen LogP contribution in [0, 0.1) is 0 Å². The average Bonchev–Trinajstić information content (AvgIpc) is 2.29. The Morgan fingerprint density at radius 2 is 2.24 bits per heavy atom. The van der Waals surface area contributed by atoms with Crippen molar-refractivity contribution in [3.8, 4) is 0 Å². The summed E-state index contributed by atoms with van der Waals surface area (Å²) in [5, 5.41) is 3.98. The summed E-state index contributed by atoms with van der Waals surface area (Å²) in [6.07, 6.45) is 4.96. The summed E-state index contributed by atoms with van der Waals surface area (Å²) in [7, 11) is 0. The number of aliphatic imine (C=N–C) groups is 1. The maximum atomic E-state index is 4.07. The average molecular weight is 293 g/mol. The molecule has 0 unspecified atom stereocenters. The number of allylic oxidation sites excluding steroid dienone is 1. The van der Waals surface area contributed by atoms with E-state index < -0.39 is 0 Å². The third-order valence-corrected chi connectivity index (χ3v) is 2.07. The van der Waals surface area contributed by atoms with Crippen molar-refractivity contribution >= 4 is 28.4 Å². The van der Waals surface area contributed by atoms with Gasteiger partial charge >= 0.3 is 0 Å². The van der Waals surface area contributed by atoms with E-state index in [1.807, 2.05) is 19.1 Å². The van der Waals surface area contributed by atoms with Crippen LogP contribution in [0.25, 0.3) is 0 Å². The molecule has 0 aromatic carbocycles. The highest BCUT2D eigenvalue weighted by Gasteiger charge is 1.89. The molecule has 0 fully saturated rings. The van der Waals surface area contributed by atoms with Crippen LogP contribution >= 0.6 is 15.9 Å². The van der Waals surface area contributed by atoms with Crippen molar-refractivity contribution in [3.63, 3.8) is 0 Å². The number of pyridine rings is 1. The topological polar surface area (TPSA) is 49.6 Å². The van der Waals surface area contributed by atoms with Crippen LogP contribution in [0.3, 0.4) is 0 Å². The monoisotopic (exact) mass is 292 g/mol. The van der Waals surface area contributed by atoms with E-state index >= 15 is 0 Å². The van der Waals surface area contributed by atoms with Gasteiger partial charge in [0.2, 0.25) is 0 Å². The summed E-state index contributed by atoms with van der Waals surface area (Å²) in [5.41, 5.74) is 4.44. The van der Waals surface area contributed by atoms with Gasteiger partial charge in [-0.25, -0.2) is 9.98 Å². The van der Waals surface area contributed by atoms with Crippen LogP contribution in [-0.4, -0.2) is 17.4 Å². The predicted molar refractivity (Wildman–Crippen MR) is 75.1 cm³/mol. The number of hydrogen-bond donors (Lipinski definition) is 1. The minimum absolute atomic E-state index is 0.453. The summed E-state index contributed by atoms with van der Waals surface area (Å²) in [5.74, 6) is 0.453. The molecule has 0 aliphatic carbocycles. The molecule has 4 nitrogen and oxygen atoms in total. The molecule has 0 saturated carbocycles. The Bertz CT molecular complexity index is 460. The lowest BCUT2D eigenvalue weighted by Crippen LogP contribution is -2.02. The standard InChI is InChI=1S/C12H13BrN4/c1-9(2)6-14-10(3)17-16-8-11-4-5-12(13)15-7-11/h4-8,17H,1,3H2,2H3/b14-6-,16-8+. The van der Waals surface area contributed by atoms with Gasteiger partial charge in [-0.15, -0.1) is 0 Å². The first-order chi connectivity index (χ1) is 8.08. The van der Waals surface area contributed by atoms with Crippen molar-refractivity contribution in [2.24, 2.45) is 10.1 Å². The van der Waals surface area contributed by atoms with Crippen molar-refractivity contribution in [1.29, 1.82) is 0 Å². The second-order valence-electron chi connectivity index (χ2n) is 3.34. The molecule has 5 heteroatoms. The lowest BCUT2D eigenvalue weighted by Gasteiger charge is -1.97. The van der Waals surface area contributed by atoms with E-state index in [0.29, 0.717) is 5.82 Å². The van der Waals surface area contributed by atoms with E-state index in [1.165, 1.54) is 0 Å². The van der Waals surface area contributed by atoms with Gasteiger partial charge in [0.1, 0.15) is 10.4 Å². The van der Waals surface area contributed by atoms with Crippen LogP contribution in [0.2, 0.25) is 0 Å². The van der Waals surface area contributed by atoms with Gasteiger partial charge in [0.25, 0.3) is 0 Å². The molecule has 0 atom stereocenters. The summed E-state index contributed by atoms with van der Waals surface area (Å²) in [6, 6.07) is 3.73. The molecule has 0 amide bonds. The molecule has 17 heavy (non-hydrogen) atoms. The molecule has 1 aromatic rings. The summed E-state index contributed by atoms with van der Waals surface area (Å²) >= 11 is 3.26. The molecule has 0 bridgehead atoms. The first-order valence-electron chi connectivity index (χ1n) is 4.87. The van der Waals surface area contributed by atoms with Gasteiger partial charge in [0.05, 0.1) is 6.21 Å². The fourth-order valence-electron chi connectivity index (χ4n) is 0.862. The number of rotatable bonds is 5. The molecule has 0 spiro atoms. The van der Waals surface area contributed by atoms with E-state index in [-0.39, 0.29) is 0 Å². The van der Waals surface area contributed by atoms with E-state index in [1.54, 1.807) is 18.6 Å².